The molecule has 3 aromatic rings. The Bertz CT molecular complexity index is 949. The zero-order chi connectivity index (χ0) is 18.6. The fraction of sp³-hybridized carbons (Fsp3) is 0.250. The monoisotopic (exact) mass is 397 g/mol. The van der Waals surface area contributed by atoms with Gasteiger partial charge in [-0.15, -0.1) is 22.7 Å². The van der Waals surface area contributed by atoms with E-state index in [0.29, 0.717) is 22.0 Å². The summed E-state index contributed by atoms with van der Waals surface area (Å²) in [6.07, 6.45) is 7.50. The number of hydrogen-bond acceptors (Lipinski definition) is 5. The van der Waals surface area contributed by atoms with Crippen LogP contribution in [-0.4, -0.2) is 16.8 Å². The van der Waals surface area contributed by atoms with Crippen LogP contribution in [-0.2, 0) is 19.4 Å². The molecule has 4 rings (SSSR count). The van der Waals surface area contributed by atoms with Gasteiger partial charge < -0.3 is 10.6 Å². The van der Waals surface area contributed by atoms with E-state index >= 15 is 0 Å². The summed E-state index contributed by atoms with van der Waals surface area (Å²) in [5.41, 5.74) is 2.67. The number of anilines is 1. The van der Waals surface area contributed by atoms with E-state index in [1.54, 1.807) is 18.5 Å². The van der Waals surface area contributed by atoms with Gasteiger partial charge in [-0.1, -0.05) is 12.1 Å². The third kappa shape index (κ3) is 3.94. The summed E-state index contributed by atoms with van der Waals surface area (Å²) >= 11 is 2.93. The molecule has 1 aliphatic carbocycles. The molecule has 1 aliphatic rings. The van der Waals surface area contributed by atoms with Gasteiger partial charge in [0, 0.05) is 23.8 Å². The van der Waals surface area contributed by atoms with E-state index in [1.807, 2.05) is 23.6 Å². The second-order valence-corrected chi connectivity index (χ2v) is 8.44. The average Bonchev–Trinajstić information content (AvgIpc) is 3.34. The fourth-order valence-electron chi connectivity index (χ4n) is 3.24. The van der Waals surface area contributed by atoms with Gasteiger partial charge in [0.2, 0.25) is 0 Å². The summed E-state index contributed by atoms with van der Waals surface area (Å²) < 4.78 is 0. The Morgan fingerprint density at radius 1 is 1.11 bits per heavy atom. The van der Waals surface area contributed by atoms with Gasteiger partial charge in [0.05, 0.1) is 10.4 Å². The van der Waals surface area contributed by atoms with Crippen molar-refractivity contribution in [3.63, 3.8) is 0 Å². The third-order valence-corrected chi connectivity index (χ3v) is 6.62. The lowest BCUT2D eigenvalue weighted by Gasteiger charge is -2.13. The maximum atomic E-state index is 13.0. The van der Waals surface area contributed by atoms with Crippen molar-refractivity contribution in [3.8, 4) is 0 Å². The number of nitrogens with one attached hydrogen (secondary N) is 2. The number of carbonyl (C=O) groups excluding carboxylic acids is 2. The largest absolute Gasteiger partial charge is 0.348 e. The van der Waals surface area contributed by atoms with Gasteiger partial charge >= 0.3 is 0 Å². The number of nitrogens with zero attached hydrogens (tertiary/aromatic N) is 1. The Balaban J connectivity index is 1.58. The summed E-state index contributed by atoms with van der Waals surface area (Å²) in [5, 5.41) is 8.47. The van der Waals surface area contributed by atoms with Crippen LogP contribution in [0.3, 0.4) is 0 Å². The van der Waals surface area contributed by atoms with Crippen LogP contribution in [0.5, 0.6) is 0 Å². The van der Waals surface area contributed by atoms with Crippen LogP contribution in [0, 0.1) is 0 Å². The molecule has 0 spiro atoms. The summed E-state index contributed by atoms with van der Waals surface area (Å²) in [4.78, 5) is 31.4. The van der Waals surface area contributed by atoms with Crippen molar-refractivity contribution < 1.29 is 9.59 Å². The van der Waals surface area contributed by atoms with E-state index in [0.717, 1.165) is 36.8 Å². The van der Waals surface area contributed by atoms with Crippen LogP contribution < -0.4 is 10.6 Å². The van der Waals surface area contributed by atoms with Gasteiger partial charge in [-0.2, -0.15) is 0 Å². The molecule has 2 N–H and O–H groups in total. The molecule has 0 saturated heterocycles. The van der Waals surface area contributed by atoms with E-state index in [-0.39, 0.29) is 11.8 Å². The van der Waals surface area contributed by atoms with Gasteiger partial charge in [0.1, 0.15) is 5.00 Å². The molecule has 5 nitrogen and oxygen atoms in total. The first-order valence-corrected chi connectivity index (χ1v) is 10.6. The molecular weight excluding hydrogens is 378 g/mol. The minimum Gasteiger partial charge on any atom is -0.348 e. The second kappa shape index (κ2) is 8.02. The zero-order valence-electron chi connectivity index (χ0n) is 14.7. The first kappa shape index (κ1) is 17.9. The molecule has 0 radical (unpaired) electrons. The molecule has 0 unspecified atom stereocenters. The molecule has 0 saturated carbocycles. The van der Waals surface area contributed by atoms with Crippen LogP contribution in [0.15, 0.2) is 42.0 Å². The average molecular weight is 398 g/mol. The maximum absolute atomic E-state index is 13.0. The number of carbonyl (C=O) groups is 2. The van der Waals surface area contributed by atoms with Gasteiger partial charge in [-0.3, -0.25) is 14.6 Å². The Morgan fingerprint density at radius 2 is 2.00 bits per heavy atom. The predicted molar refractivity (Wildman–Crippen MR) is 109 cm³/mol. The van der Waals surface area contributed by atoms with Crippen LogP contribution in [0.2, 0.25) is 0 Å². The first-order chi connectivity index (χ1) is 13.2. The van der Waals surface area contributed by atoms with Crippen molar-refractivity contribution >= 4 is 39.5 Å². The van der Waals surface area contributed by atoms with Crippen molar-refractivity contribution in [2.45, 2.75) is 32.2 Å². The van der Waals surface area contributed by atoms with Crippen LogP contribution in [0.25, 0.3) is 0 Å². The summed E-state index contributed by atoms with van der Waals surface area (Å²) in [5.74, 6) is -0.301. The lowest BCUT2D eigenvalue weighted by atomic mass is 9.95. The van der Waals surface area contributed by atoms with Gasteiger partial charge in [0.25, 0.3) is 11.8 Å². The Morgan fingerprint density at radius 3 is 2.78 bits per heavy atom. The van der Waals surface area contributed by atoms with Crippen molar-refractivity contribution in [2.24, 2.45) is 0 Å². The lowest BCUT2D eigenvalue weighted by Crippen LogP contribution is -2.25. The van der Waals surface area contributed by atoms with E-state index < -0.39 is 0 Å². The van der Waals surface area contributed by atoms with Crippen molar-refractivity contribution in [3.05, 3.63) is 68.5 Å². The Hall–Kier alpha value is -2.51. The highest BCUT2D eigenvalue weighted by Crippen LogP contribution is 2.38. The van der Waals surface area contributed by atoms with Crippen molar-refractivity contribution in [1.82, 2.24) is 10.3 Å². The number of thiophene rings is 2. The zero-order valence-corrected chi connectivity index (χ0v) is 16.3. The van der Waals surface area contributed by atoms with Crippen LogP contribution >= 0.6 is 22.7 Å². The molecule has 0 atom stereocenters. The maximum Gasteiger partial charge on any atom is 0.266 e. The first-order valence-electron chi connectivity index (χ1n) is 8.89. The number of pyridine rings is 1. The number of fused-ring (bicyclic) bond motifs is 1. The normalized spacial score (nSPS) is 13.0. The van der Waals surface area contributed by atoms with Crippen molar-refractivity contribution in [2.75, 3.05) is 5.32 Å². The SMILES string of the molecule is O=C(Nc1sc2c(c1C(=O)NCc1cccnc1)CCCC2)c1cccs1. The summed E-state index contributed by atoms with van der Waals surface area (Å²) in [6, 6.07) is 7.41. The number of amides is 2. The summed E-state index contributed by atoms with van der Waals surface area (Å²) in [6.45, 7) is 0.412. The van der Waals surface area contributed by atoms with E-state index in [9.17, 15) is 9.59 Å². The van der Waals surface area contributed by atoms with E-state index in [2.05, 4.69) is 15.6 Å². The highest BCUT2D eigenvalue weighted by molar-refractivity contribution is 7.17. The Labute approximate surface area is 165 Å². The van der Waals surface area contributed by atoms with Gasteiger partial charge in [0.15, 0.2) is 0 Å². The molecule has 0 fully saturated rings. The molecule has 3 aromatic heterocycles. The standard InChI is InChI=1S/C20H19N3O2S2/c24-18(16-8-4-10-26-16)23-20-17(14-6-1-2-7-15(14)27-20)19(25)22-12-13-5-3-9-21-11-13/h3-5,8-11H,1-2,6-7,12H2,(H,22,25)(H,23,24). The Kier molecular flexibility index (Phi) is 5.31. The molecule has 7 heteroatoms. The van der Waals surface area contributed by atoms with Gasteiger partial charge in [-0.25, -0.2) is 0 Å². The van der Waals surface area contributed by atoms with E-state index in [1.165, 1.54) is 27.6 Å². The minimum atomic E-state index is -0.162. The molecule has 27 heavy (non-hydrogen) atoms. The highest BCUT2D eigenvalue weighted by Gasteiger charge is 2.26. The summed E-state index contributed by atoms with van der Waals surface area (Å²) in [7, 11) is 0. The number of hydrogen-bond donors (Lipinski definition) is 2. The lowest BCUT2D eigenvalue weighted by molar-refractivity contribution is 0.0951. The van der Waals surface area contributed by atoms with Crippen molar-refractivity contribution in [1.29, 1.82) is 0 Å². The second-order valence-electron chi connectivity index (χ2n) is 6.39. The molecule has 0 aliphatic heterocycles. The minimum absolute atomic E-state index is 0.139. The van der Waals surface area contributed by atoms with Crippen LogP contribution in [0.4, 0.5) is 5.00 Å². The molecule has 138 valence electrons. The van der Waals surface area contributed by atoms with Gasteiger partial charge in [-0.05, 0) is 54.3 Å². The number of aryl methyl sites for hydroxylation is 1. The molecule has 2 amide bonds. The number of aromatic nitrogens is 1. The van der Waals surface area contributed by atoms with Crippen LogP contribution in [0.1, 0.15) is 48.9 Å². The molecular formula is C20H19N3O2S2. The highest BCUT2D eigenvalue weighted by atomic mass is 32.1. The third-order valence-electron chi connectivity index (χ3n) is 4.55. The quantitative estimate of drug-likeness (QED) is 0.675. The topological polar surface area (TPSA) is 71.1 Å². The smallest absolute Gasteiger partial charge is 0.266 e. The molecule has 0 bridgehead atoms. The molecule has 3 heterocycles. The number of rotatable bonds is 5. The fourth-order valence-corrected chi connectivity index (χ4v) is 5.14. The predicted octanol–water partition coefficient (Wildman–Crippen LogP) is 4.27. The molecule has 0 aromatic carbocycles. The van der Waals surface area contributed by atoms with E-state index in [4.69, 9.17) is 0 Å².